The van der Waals surface area contributed by atoms with Gasteiger partial charge in [0.2, 0.25) is 6.29 Å². The summed E-state index contributed by atoms with van der Waals surface area (Å²) < 4.78 is 11.1. The van der Waals surface area contributed by atoms with Gasteiger partial charge < -0.3 is 14.6 Å². The predicted molar refractivity (Wildman–Crippen MR) is 97.0 cm³/mol. The third-order valence-electron chi connectivity index (χ3n) is 4.46. The molecule has 1 atom stereocenters. The van der Waals surface area contributed by atoms with Gasteiger partial charge in [-0.05, 0) is 37.0 Å². The number of hydrogen-bond acceptors (Lipinski definition) is 4. The first-order chi connectivity index (χ1) is 12.0. The molecule has 25 heavy (non-hydrogen) atoms. The third kappa shape index (κ3) is 3.48. The summed E-state index contributed by atoms with van der Waals surface area (Å²) in [4.78, 5) is 12.5. The van der Waals surface area contributed by atoms with Gasteiger partial charge in [0.1, 0.15) is 17.1 Å². The summed E-state index contributed by atoms with van der Waals surface area (Å²) in [7, 11) is 0. The molecule has 0 saturated carbocycles. The van der Waals surface area contributed by atoms with Gasteiger partial charge in [0.25, 0.3) is 0 Å². The highest BCUT2D eigenvalue weighted by molar-refractivity contribution is 5.99. The molecule has 4 heteroatoms. The van der Waals surface area contributed by atoms with E-state index in [0.29, 0.717) is 23.3 Å². The van der Waals surface area contributed by atoms with Crippen LogP contribution in [0.3, 0.4) is 0 Å². The molecule has 0 spiro atoms. The van der Waals surface area contributed by atoms with Crippen molar-refractivity contribution in [1.82, 2.24) is 0 Å². The number of esters is 1. The first-order valence-electron chi connectivity index (χ1n) is 8.84. The summed E-state index contributed by atoms with van der Waals surface area (Å²) in [5, 5.41) is 10.7. The van der Waals surface area contributed by atoms with E-state index in [-0.39, 0.29) is 11.7 Å². The van der Waals surface area contributed by atoms with Crippen molar-refractivity contribution in [3.05, 3.63) is 47.0 Å². The average Bonchev–Trinajstić information content (AvgIpc) is 2.54. The molecule has 1 N–H and O–H groups in total. The fourth-order valence-corrected chi connectivity index (χ4v) is 3.28. The Labute approximate surface area is 148 Å². The largest absolute Gasteiger partial charge is 0.507 e. The number of carbonyl (C=O) groups excluding carboxylic acids is 1. The second-order valence-corrected chi connectivity index (χ2v) is 6.55. The summed E-state index contributed by atoms with van der Waals surface area (Å²) >= 11 is 0. The number of hydrogen-bond donors (Lipinski definition) is 1. The van der Waals surface area contributed by atoms with Crippen LogP contribution in [0.25, 0.3) is 11.1 Å². The van der Waals surface area contributed by atoms with Crippen LogP contribution in [0, 0.1) is 6.92 Å². The number of rotatable bonds is 5. The van der Waals surface area contributed by atoms with Gasteiger partial charge >= 0.3 is 5.97 Å². The number of ether oxygens (including phenoxy) is 2. The highest BCUT2D eigenvalue weighted by Crippen LogP contribution is 2.45. The van der Waals surface area contributed by atoms with Crippen LogP contribution < -0.4 is 4.74 Å². The monoisotopic (exact) mass is 340 g/mol. The maximum atomic E-state index is 12.5. The minimum Gasteiger partial charge on any atom is -0.507 e. The molecule has 0 aromatic heterocycles. The van der Waals surface area contributed by atoms with Crippen molar-refractivity contribution < 1.29 is 19.4 Å². The van der Waals surface area contributed by atoms with Gasteiger partial charge in [0.05, 0.1) is 5.56 Å². The highest BCUT2D eigenvalue weighted by Gasteiger charge is 2.32. The lowest BCUT2D eigenvalue weighted by atomic mass is 9.92. The second kappa shape index (κ2) is 7.18. The van der Waals surface area contributed by atoms with E-state index in [1.54, 1.807) is 13.0 Å². The zero-order valence-corrected chi connectivity index (χ0v) is 15.0. The Kier molecular flexibility index (Phi) is 4.98. The zero-order chi connectivity index (χ0) is 18.0. The Morgan fingerprint density at radius 3 is 2.64 bits per heavy atom. The van der Waals surface area contributed by atoms with Crippen LogP contribution in [-0.4, -0.2) is 17.4 Å². The molecule has 0 aliphatic carbocycles. The molecule has 2 aromatic rings. The summed E-state index contributed by atoms with van der Waals surface area (Å²) in [5.74, 6) is 0.188. The van der Waals surface area contributed by atoms with Crippen molar-refractivity contribution >= 4 is 5.97 Å². The Hall–Kier alpha value is -2.49. The molecule has 3 rings (SSSR count). The number of carbonyl (C=O) groups is 1. The van der Waals surface area contributed by atoms with Gasteiger partial charge in [-0.15, -0.1) is 0 Å². The fourth-order valence-electron chi connectivity index (χ4n) is 3.28. The van der Waals surface area contributed by atoms with Gasteiger partial charge in [-0.2, -0.15) is 0 Å². The topological polar surface area (TPSA) is 55.8 Å². The first kappa shape index (κ1) is 17.3. The molecule has 4 nitrogen and oxygen atoms in total. The maximum Gasteiger partial charge on any atom is 0.345 e. The van der Waals surface area contributed by atoms with Crippen molar-refractivity contribution in [1.29, 1.82) is 0 Å². The number of unbranched alkanes of at least 4 members (excludes halogenated alkanes) is 2. The molecule has 1 aliphatic rings. The average molecular weight is 340 g/mol. The molecular weight excluding hydrogens is 316 g/mol. The molecule has 1 heterocycles. The van der Waals surface area contributed by atoms with E-state index in [2.05, 4.69) is 6.92 Å². The SMILES string of the molecule is CCCCCc1cc(O)c(-c2cccc(C)c2)c2c1C(=O)OC(C)O2. The normalized spacial score (nSPS) is 16.1. The summed E-state index contributed by atoms with van der Waals surface area (Å²) in [6.45, 7) is 5.80. The van der Waals surface area contributed by atoms with E-state index < -0.39 is 6.29 Å². The fraction of sp³-hybridized carbons (Fsp3) is 0.381. The molecule has 132 valence electrons. The van der Waals surface area contributed by atoms with Gasteiger partial charge in [0, 0.05) is 6.92 Å². The van der Waals surface area contributed by atoms with Gasteiger partial charge in [0.15, 0.2) is 0 Å². The molecule has 0 amide bonds. The number of phenols is 1. The standard InChI is InChI=1S/C21H24O4/c1-4-5-6-9-16-12-17(22)18(15-10-7-8-13(2)11-15)20-19(16)21(23)25-14(3)24-20/h7-8,10-12,14,22H,4-6,9H2,1-3H3. The smallest absolute Gasteiger partial charge is 0.345 e. The lowest BCUT2D eigenvalue weighted by Gasteiger charge is -2.27. The Balaban J connectivity index is 2.16. The lowest BCUT2D eigenvalue weighted by Crippen LogP contribution is -2.28. The van der Waals surface area contributed by atoms with Gasteiger partial charge in [-0.1, -0.05) is 49.6 Å². The molecule has 1 aliphatic heterocycles. The Bertz CT molecular complexity index is 795. The minimum absolute atomic E-state index is 0.137. The van der Waals surface area contributed by atoms with Gasteiger partial charge in [-0.25, -0.2) is 4.79 Å². The van der Waals surface area contributed by atoms with Crippen LogP contribution in [0.2, 0.25) is 0 Å². The molecule has 0 fully saturated rings. The highest BCUT2D eigenvalue weighted by atomic mass is 16.7. The van der Waals surface area contributed by atoms with E-state index in [1.807, 2.05) is 31.2 Å². The molecule has 0 saturated heterocycles. The van der Waals surface area contributed by atoms with Crippen molar-refractivity contribution in [2.24, 2.45) is 0 Å². The van der Waals surface area contributed by atoms with Gasteiger partial charge in [-0.3, -0.25) is 0 Å². The summed E-state index contributed by atoms with van der Waals surface area (Å²) in [5.41, 5.74) is 3.69. The molecule has 1 unspecified atom stereocenters. The van der Waals surface area contributed by atoms with Crippen LogP contribution in [0.15, 0.2) is 30.3 Å². The molecule has 2 aromatic carbocycles. The molecular formula is C21H24O4. The number of phenolic OH excluding ortho intramolecular Hbond substituents is 1. The van der Waals surface area contributed by atoms with E-state index in [1.165, 1.54) is 0 Å². The number of aromatic hydroxyl groups is 1. The number of benzene rings is 2. The predicted octanol–water partition coefficient (Wildman–Crippen LogP) is 5.00. The minimum atomic E-state index is -0.672. The van der Waals surface area contributed by atoms with Crippen LogP contribution in [0.4, 0.5) is 0 Å². The van der Waals surface area contributed by atoms with Crippen molar-refractivity contribution in [3.8, 4) is 22.6 Å². The lowest BCUT2D eigenvalue weighted by molar-refractivity contribution is -0.0488. The van der Waals surface area contributed by atoms with Crippen LogP contribution in [0.5, 0.6) is 11.5 Å². The van der Waals surface area contributed by atoms with E-state index >= 15 is 0 Å². The van der Waals surface area contributed by atoms with Crippen LogP contribution >= 0.6 is 0 Å². The zero-order valence-electron chi connectivity index (χ0n) is 15.0. The number of cyclic esters (lactones) is 1. The summed E-state index contributed by atoms with van der Waals surface area (Å²) in [6.07, 6.45) is 3.16. The number of fused-ring (bicyclic) bond motifs is 1. The van der Waals surface area contributed by atoms with Crippen molar-refractivity contribution in [2.75, 3.05) is 0 Å². The van der Waals surface area contributed by atoms with Crippen molar-refractivity contribution in [3.63, 3.8) is 0 Å². The van der Waals surface area contributed by atoms with E-state index in [0.717, 1.165) is 36.0 Å². The van der Waals surface area contributed by atoms with Crippen molar-refractivity contribution in [2.45, 2.75) is 52.7 Å². The molecule has 0 bridgehead atoms. The maximum absolute atomic E-state index is 12.5. The number of aryl methyl sites for hydroxylation is 2. The second-order valence-electron chi connectivity index (χ2n) is 6.55. The van der Waals surface area contributed by atoms with Crippen LogP contribution in [-0.2, 0) is 11.2 Å². The third-order valence-corrected chi connectivity index (χ3v) is 4.46. The van der Waals surface area contributed by atoms with E-state index in [4.69, 9.17) is 9.47 Å². The summed E-state index contributed by atoms with van der Waals surface area (Å²) in [6, 6.07) is 9.49. The quantitative estimate of drug-likeness (QED) is 0.615. The molecule has 0 radical (unpaired) electrons. The Morgan fingerprint density at radius 1 is 1.12 bits per heavy atom. The Morgan fingerprint density at radius 2 is 1.92 bits per heavy atom. The first-order valence-corrected chi connectivity index (χ1v) is 8.84. The van der Waals surface area contributed by atoms with Crippen LogP contribution in [0.1, 0.15) is 54.6 Å². The van der Waals surface area contributed by atoms with E-state index in [9.17, 15) is 9.90 Å².